The van der Waals surface area contributed by atoms with Gasteiger partial charge in [-0.3, -0.25) is 4.90 Å². The number of rotatable bonds is 4. The average molecular weight is 270 g/mol. The number of fused-ring (bicyclic) bond motifs is 2. The third-order valence-electron chi connectivity index (χ3n) is 4.36. The van der Waals surface area contributed by atoms with Crippen LogP contribution >= 0.6 is 0 Å². The van der Waals surface area contributed by atoms with E-state index in [1.165, 1.54) is 25.8 Å². The Balaban J connectivity index is 1.44. The lowest BCUT2D eigenvalue weighted by molar-refractivity contribution is 0.172. The molecule has 2 bridgehead atoms. The number of hydrogen-bond acceptors (Lipinski definition) is 3. The van der Waals surface area contributed by atoms with Crippen LogP contribution in [0.2, 0.25) is 0 Å². The normalized spacial score (nSPS) is 24.4. The van der Waals surface area contributed by atoms with Crippen molar-refractivity contribution in [2.24, 2.45) is 11.7 Å². The number of hydrogen-bond donors (Lipinski definition) is 1. The molecule has 2 unspecified atom stereocenters. The van der Waals surface area contributed by atoms with Gasteiger partial charge in [0, 0.05) is 24.7 Å². The Hall–Kier alpha value is -1.50. The maximum atomic E-state index is 5.82. The van der Waals surface area contributed by atoms with E-state index in [4.69, 9.17) is 10.5 Å². The molecular weight excluding hydrogens is 248 g/mol. The summed E-state index contributed by atoms with van der Waals surface area (Å²) in [5.41, 5.74) is 6.34. The first-order chi connectivity index (χ1) is 9.85. The maximum Gasteiger partial charge on any atom is 0.119 e. The number of piperidine rings is 1. The second kappa shape index (κ2) is 6.30. The van der Waals surface area contributed by atoms with Crippen molar-refractivity contribution in [1.29, 1.82) is 0 Å². The third-order valence-corrected chi connectivity index (χ3v) is 4.36. The van der Waals surface area contributed by atoms with Gasteiger partial charge in [-0.1, -0.05) is 11.8 Å². The summed E-state index contributed by atoms with van der Waals surface area (Å²) in [6, 6.07) is 8.76. The Labute approximate surface area is 121 Å². The first-order valence-electron chi connectivity index (χ1n) is 7.51. The molecule has 2 fully saturated rings. The molecule has 0 amide bonds. The molecule has 3 heteroatoms. The predicted octanol–water partition coefficient (Wildman–Crippen LogP) is 1.86. The van der Waals surface area contributed by atoms with Gasteiger partial charge in [-0.25, -0.2) is 0 Å². The van der Waals surface area contributed by atoms with Gasteiger partial charge >= 0.3 is 0 Å². The van der Waals surface area contributed by atoms with Crippen LogP contribution in [0.5, 0.6) is 5.75 Å². The smallest absolute Gasteiger partial charge is 0.119 e. The summed E-state index contributed by atoms with van der Waals surface area (Å²) in [5.74, 6) is 7.74. The van der Waals surface area contributed by atoms with Crippen LogP contribution in [0.4, 0.5) is 0 Å². The van der Waals surface area contributed by atoms with Crippen LogP contribution in [0.3, 0.4) is 0 Å². The molecule has 1 saturated carbocycles. The van der Waals surface area contributed by atoms with E-state index < -0.39 is 0 Å². The van der Waals surface area contributed by atoms with E-state index in [1.807, 2.05) is 24.3 Å². The van der Waals surface area contributed by atoms with Gasteiger partial charge in [-0.15, -0.1) is 0 Å². The fraction of sp³-hybridized carbons (Fsp3) is 0.529. The van der Waals surface area contributed by atoms with Crippen LogP contribution in [-0.4, -0.2) is 37.2 Å². The highest BCUT2D eigenvalue weighted by molar-refractivity contribution is 5.38. The minimum absolute atomic E-state index is 0.399. The minimum atomic E-state index is 0.399. The van der Waals surface area contributed by atoms with Crippen molar-refractivity contribution >= 4 is 0 Å². The van der Waals surface area contributed by atoms with Crippen molar-refractivity contribution in [3.63, 3.8) is 0 Å². The molecule has 1 aliphatic heterocycles. The third kappa shape index (κ3) is 3.15. The molecule has 0 spiro atoms. The first-order valence-corrected chi connectivity index (χ1v) is 7.51. The zero-order valence-corrected chi connectivity index (χ0v) is 11.8. The molecule has 1 saturated heterocycles. The van der Waals surface area contributed by atoms with Crippen molar-refractivity contribution < 1.29 is 4.74 Å². The van der Waals surface area contributed by atoms with Crippen molar-refractivity contribution in [1.82, 2.24) is 4.90 Å². The summed E-state index contributed by atoms with van der Waals surface area (Å²) in [5, 5.41) is 0. The van der Waals surface area contributed by atoms with Gasteiger partial charge in [0.05, 0.1) is 6.54 Å². The number of ether oxygens (including phenoxy) is 1. The fourth-order valence-electron chi connectivity index (χ4n) is 3.37. The second-order valence-electron chi connectivity index (χ2n) is 5.71. The highest BCUT2D eigenvalue weighted by Crippen LogP contribution is 2.36. The zero-order chi connectivity index (χ0) is 13.8. The van der Waals surface area contributed by atoms with Gasteiger partial charge in [0.15, 0.2) is 0 Å². The molecule has 2 atom stereocenters. The lowest BCUT2D eigenvalue weighted by Crippen LogP contribution is -2.35. The molecule has 0 radical (unpaired) electrons. The fourth-order valence-corrected chi connectivity index (χ4v) is 3.37. The van der Waals surface area contributed by atoms with Crippen molar-refractivity contribution in [3.05, 3.63) is 29.8 Å². The van der Waals surface area contributed by atoms with E-state index in [9.17, 15) is 0 Å². The Bertz CT molecular complexity index is 500. The van der Waals surface area contributed by atoms with E-state index in [2.05, 4.69) is 16.7 Å². The van der Waals surface area contributed by atoms with Crippen LogP contribution in [-0.2, 0) is 0 Å². The summed E-state index contributed by atoms with van der Waals surface area (Å²) >= 11 is 0. The quantitative estimate of drug-likeness (QED) is 0.849. The van der Waals surface area contributed by atoms with E-state index in [0.717, 1.165) is 36.4 Å². The van der Waals surface area contributed by atoms with E-state index in [-0.39, 0.29) is 0 Å². The molecule has 106 valence electrons. The highest BCUT2D eigenvalue weighted by atomic mass is 16.5. The molecule has 20 heavy (non-hydrogen) atoms. The Morgan fingerprint density at radius 2 is 2.10 bits per heavy atom. The lowest BCUT2D eigenvalue weighted by atomic mass is 10.1. The van der Waals surface area contributed by atoms with Crippen molar-refractivity contribution in [2.75, 3.05) is 26.2 Å². The molecule has 0 aromatic heterocycles. The predicted molar refractivity (Wildman–Crippen MR) is 80.6 cm³/mol. The topological polar surface area (TPSA) is 38.5 Å². The van der Waals surface area contributed by atoms with Gasteiger partial charge in [-0.2, -0.15) is 0 Å². The molecular formula is C17H22N2O. The van der Waals surface area contributed by atoms with Crippen LogP contribution in [0.1, 0.15) is 24.8 Å². The Morgan fingerprint density at radius 1 is 1.25 bits per heavy atom. The van der Waals surface area contributed by atoms with Gasteiger partial charge in [0.2, 0.25) is 0 Å². The SMILES string of the molecule is NCC#Cc1ccc(OCCN2CC3CCC2C3)cc1. The van der Waals surface area contributed by atoms with Crippen LogP contribution in [0.25, 0.3) is 0 Å². The molecule has 2 N–H and O–H groups in total. The van der Waals surface area contributed by atoms with E-state index in [0.29, 0.717) is 6.54 Å². The number of nitrogens with zero attached hydrogens (tertiary/aromatic N) is 1. The first kappa shape index (κ1) is 13.5. The minimum Gasteiger partial charge on any atom is -0.492 e. The average Bonchev–Trinajstić information content (AvgIpc) is 3.09. The monoisotopic (exact) mass is 270 g/mol. The Morgan fingerprint density at radius 3 is 2.75 bits per heavy atom. The van der Waals surface area contributed by atoms with Crippen LogP contribution in [0.15, 0.2) is 24.3 Å². The standard InChI is InChI=1S/C17H22N2O/c18-9-1-2-14-4-7-17(8-5-14)20-11-10-19-13-15-3-6-16(19)12-15/h4-5,7-8,15-16H,3,6,9-13,18H2. The van der Waals surface area contributed by atoms with Gasteiger partial charge in [-0.05, 0) is 49.4 Å². The van der Waals surface area contributed by atoms with Crippen LogP contribution < -0.4 is 10.5 Å². The molecule has 1 aromatic carbocycles. The molecule has 1 aliphatic carbocycles. The molecule has 1 aromatic rings. The van der Waals surface area contributed by atoms with Gasteiger partial charge in [0.25, 0.3) is 0 Å². The van der Waals surface area contributed by atoms with Gasteiger partial charge < -0.3 is 10.5 Å². The lowest BCUT2D eigenvalue weighted by Gasteiger charge is -2.26. The number of likely N-dealkylation sites (tertiary alicyclic amines) is 1. The number of benzene rings is 1. The molecule has 3 rings (SSSR count). The van der Waals surface area contributed by atoms with Crippen LogP contribution in [0, 0.1) is 17.8 Å². The van der Waals surface area contributed by atoms with E-state index >= 15 is 0 Å². The largest absolute Gasteiger partial charge is 0.492 e. The van der Waals surface area contributed by atoms with Crippen molar-refractivity contribution in [2.45, 2.75) is 25.3 Å². The molecule has 2 aliphatic rings. The van der Waals surface area contributed by atoms with Gasteiger partial charge in [0.1, 0.15) is 12.4 Å². The number of nitrogens with two attached hydrogens (primary N) is 1. The highest BCUT2D eigenvalue weighted by Gasteiger charge is 2.37. The zero-order valence-electron chi connectivity index (χ0n) is 11.8. The summed E-state index contributed by atoms with van der Waals surface area (Å²) in [6.07, 6.45) is 4.24. The Kier molecular flexibility index (Phi) is 4.25. The summed E-state index contributed by atoms with van der Waals surface area (Å²) < 4.78 is 5.82. The molecule has 3 nitrogen and oxygen atoms in total. The summed E-state index contributed by atoms with van der Waals surface area (Å²) in [6.45, 7) is 3.50. The molecule has 1 heterocycles. The summed E-state index contributed by atoms with van der Waals surface area (Å²) in [7, 11) is 0. The second-order valence-corrected chi connectivity index (χ2v) is 5.71. The van der Waals surface area contributed by atoms with Crippen molar-refractivity contribution in [3.8, 4) is 17.6 Å². The maximum absolute atomic E-state index is 5.82. The van der Waals surface area contributed by atoms with E-state index in [1.54, 1.807) is 0 Å². The summed E-state index contributed by atoms with van der Waals surface area (Å²) in [4.78, 5) is 2.59.